The molecule has 2 N–H and O–H groups in total. The highest BCUT2D eigenvalue weighted by molar-refractivity contribution is 6.30. The fraction of sp³-hybridized carbons (Fsp3) is 0.263. The largest absolute Gasteiger partial charge is 0.377 e. The summed E-state index contributed by atoms with van der Waals surface area (Å²) in [6.45, 7) is 0. The van der Waals surface area contributed by atoms with Crippen LogP contribution in [0.15, 0.2) is 35.1 Å². The molecule has 2 aromatic carbocycles. The average molecular weight is 392 g/mol. The van der Waals surface area contributed by atoms with Gasteiger partial charge in [-0.3, -0.25) is 4.79 Å². The van der Waals surface area contributed by atoms with Crippen LogP contribution in [-0.4, -0.2) is 21.9 Å². The first-order valence-electron chi connectivity index (χ1n) is 8.50. The fourth-order valence-corrected chi connectivity index (χ4v) is 4.13. The minimum atomic E-state index is -1.56. The maximum absolute atomic E-state index is 15.2. The van der Waals surface area contributed by atoms with Gasteiger partial charge in [0.05, 0.1) is 23.0 Å². The van der Waals surface area contributed by atoms with Crippen molar-refractivity contribution in [2.75, 3.05) is 5.32 Å². The van der Waals surface area contributed by atoms with Crippen molar-refractivity contribution in [3.63, 3.8) is 0 Å². The van der Waals surface area contributed by atoms with Gasteiger partial charge >= 0.3 is 0 Å². The van der Waals surface area contributed by atoms with Gasteiger partial charge in [-0.2, -0.15) is 5.10 Å². The molecule has 1 aromatic heterocycles. The molecule has 8 heteroatoms. The number of aromatic nitrogens is 2. The van der Waals surface area contributed by atoms with Crippen molar-refractivity contribution in [1.82, 2.24) is 10.2 Å². The number of H-pyrrole nitrogens is 1. The molecule has 2 heterocycles. The van der Waals surface area contributed by atoms with Crippen LogP contribution in [0.3, 0.4) is 0 Å². The smallest absolute Gasteiger partial charge is 0.272 e. The van der Waals surface area contributed by atoms with Crippen LogP contribution < -0.4 is 10.9 Å². The first-order valence-corrected chi connectivity index (χ1v) is 8.87. The summed E-state index contributed by atoms with van der Waals surface area (Å²) in [7, 11) is 0. The van der Waals surface area contributed by atoms with E-state index in [1.165, 1.54) is 18.2 Å². The summed E-state index contributed by atoms with van der Waals surface area (Å²) in [6.07, 6.45) is 0.626. The number of benzene rings is 2. The molecule has 1 saturated carbocycles. The van der Waals surface area contributed by atoms with Gasteiger partial charge in [0, 0.05) is 16.1 Å². The predicted molar refractivity (Wildman–Crippen MR) is 96.1 cm³/mol. The molecule has 1 aliphatic carbocycles. The number of halogens is 4. The number of alkyl halides is 1. The van der Waals surface area contributed by atoms with Crippen molar-refractivity contribution in [1.29, 1.82) is 0 Å². The van der Waals surface area contributed by atoms with E-state index < -0.39 is 34.8 Å². The van der Waals surface area contributed by atoms with Crippen molar-refractivity contribution in [3.05, 3.63) is 68.6 Å². The molecule has 1 fully saturated rings. The Morgan fingerprint density at radius 1 is 1.19 bits per heavy atom. The maximum Gasteiger partial charge on any atom is 0.272 e. The molecule has 2 atom stereocenters. The number of aromatic amines is 1. The Labute approximate surface area is 156 Å². The molecule has 0 spiro atoms. The third-order valence-electron chi connectivity index (χ3n) is 5.40. The number of anilines is 1. The van der Waals surface area contributed by atoms with Gasteiger partial charge in [-0.05, 0) is 42.7 Å². The number of rotatable bonds is 2. The average Bonchev–Trinajstić information content (AvgIpc) is 3.36. The molecule has 1 aliphatic heterocycles. The van der Waals surface area contributed by atoms with Crippen LogP contribution in [0, 0.1) is 11.6 Å². The first-order chi connectivity index (χ1) is 12.9. The number of hydrogen-bond acceptors (Lipinski definition) is 3. The molecule has 0 saturated heterocycles. The quantitative estimate of drug-likeness (QED) is 0.685. The van der Waals surface area contributed by atoms with Crippen molar-refractivity contribution in [2.24, 2.45) is 0 Å². The van der Waals surface area contributed by atoms with E-state index in [4.69, 9.17) is 11.6 Å². The van der Waals surface area contributed by atoms with Crippen LogP contribution in [0.1, 0.15) is 30.0 Å². The Bertz CT molecular complexity index is 1160. The molecular weight excluding hydrogens is 379 g/mol. The molecule has 2 aliphatic rings. The summed E-state index contributed by atoms with van der Waals surface area (Å²) >= 11 is 5.86. The Kier molecular flexibility index (Phi) is 3.37. The molecule has 4 nitrogen and oxygen atoms in total. The molecule has 0 radical (unpaired) electrons. The lowest BCUT2D eigenvalue weighted by Gasteiger charge is -2.36. The van der Waals surface area contributed by atoms with Crippen molar-refractivity contribution >= 4 is 28.1 Å². The van der Waals surface area contributed by atoms with Gasteiger partial charge < -0.3 is 5.32 Å². The zero-order valence-electron chi connectivity index (χ0n) is 13.8. The summed E-state index contributed by atoms with van der Waals surface area (Å²) in [5.41, 5.74) is -1.31. The molecule has 0 unspecified atom stereocenters. The molecule has 27 heavy (non-hydrogen) atoms. The van der Waals surface area contributed by atoms with Gasteiger partial charge in [-0.1, -0.05) is 17.7 Å². The topological polar surface area (TPSA) is 57.8 Å². The second-order valence-corrected chi connectivity index (χ2v) is 7.55. The highest BCUT2D eigenvalue weighted by Crippen LogP contribution is 2.53. The minimum absolute atomic E-state index is 0.0871. The fourth-order valence-electron chi connectivity index (χ4n) is 3.98. The Balaban J connectivity index is 1.83. The number of nitrogens with zero attached hydrogens (tertiary/aromatic N) is 1. The van der Waals surface area contributed by atoms with Crippen molar-refractivity contribution in [3.8, 4) is 0 Å². The molecule has 5 rings (SSSR count). The van der Waals surface area contributed by atoms with Crippen LogP contribution >= 0.6 is 11.6 Å². The van der Waals surface area contributed by atoms with Crippen molar-refractivity contribution in [2.45, 2.75) is 30.5 Å². The highest BCUT2D eigenvalue weighted by atomic mass is 35.5. The molecule has 0 bridgehead atoms. The zero-order chi connectivity index (χ0) is 18.9. The van der Waals surface area contributed by atoms with Crippen LogP contribution in [0.4, 0.5) is 18.9 Å². The summed E-state index contributed by atoms with van der Waals surface area (Å²) in [5, 5.41) is 10.1. The van der Waals surface area contributed by atoms with Gasteiger partial charge in [-0.25, -0.2) is 18.3 Å². The van der Waals surface area contributed by atoms with E-state index >= 15 is 4.39 Å². The van der Waals surface area contributed by atoms with Crippen LogP contribution in [0.5, 0.6) is 0 Å². The monoisotopic (exact) mass is 391 g/mol. The van der Waals surface area contributed by atoms with E-state index in [9.17, 15) is 13.6 Å². The van der Waals surface area contributed by atoms with Crippen molar-refractivity contribution < 1.29 is 13.2 Å². The van der Waals surface area contributed by atoms with Gasteiger partial charge in [0.25, 0.3) is 5.56 Å². The van der Waals surface area contributed by atoms with Gasteiger partial charge in [0.2, 0.25) is 0 Å². The van der Waals surface area contributed by atoms with E-state index in [0.717, 1.165) is 12.1 Å². The second kappa shape index (κ2) is 5.48. The summed E-state index contributed by atoms with van der Waals surface area (Å²) in [6, 6.07) is 5.65. The Morgan fingerprint density at radius 2 is 1.96 bits per heavy atom. The van der Waals surface area contributed by atoms with E-state index in [0.29, 0.717) is 23.9 Å². The minimum Gasteiger partial charge on any atom is -0.377 e. The van der Waals surface area contributed by atoms with Gasteiger partial charge in [0.15, 0.2) is 0 Å². The van der Waals surface area contributed by atoms with E-state index in [2.05, 4.69) is 15.5 Å². The number of hydrogen-bond donors (Lipinski definition) is 2. The molecule has 3 aromatic rings. The van der Waals surface area contributed by atoms with E-state index in [1.807, 2.05) is 0 Å². The normalized spacial score (nSPS) is 22.5. The van der Waals surface area contributed by atoms with Crippen LogP contribution in [0.2, 0.25) is 5.02 Å². The molecule has 0 amide bonds. The predicted octanol–water partition coefficient (Wildman–Crippen LogP) is 4.28. The first kappa shape index (κ1) is 16.6. The lowest BCUT2D eigenvalue weighted by molar-refractivity contribution is 0.251. The second-order valence-electron chi connectivity index (χ2n) is 7.11. The third-order valence-corrected chi connectivity index (χ3v) is 5.64. The highest BCUT2D eigenvalue weighted by Gasteiger charge is 2.56. The SMILES string of the molecule is O=c1[nH]nc2c3c(cc(F)cc13)N[C@@H](C1(F)CC1)[C@@H]2c1ccc(Cl)cc1F. The Morgan fingerprint density at radius 3 is 2.67 bits per heavy atom. The lowest BCUT2D eigenvalue weighted by atomic mass is 9.80. The summed E-state index contributed by atoms with van der Waals surface area (Å²) in [4.78, 5) is 12.1. The number of nitrogens with one attached hydrogen (secondary N) is 2. The maximum atomic E-state index is 15.2. The summed E-state index contributed by atoms with van der Waals surface area (Å²) in [5.74, 6) is -2.01. The lowest BCUT2D eigenvalue weighted by Crippen LogP contribution is -2.42. The zero-order valence-corrected chi connectivity index (χ0v) is 14.6. The Hall–Kier alpha value is -2.54. The molecule has 138 valence electrons. The van der Waals surface area contributed by atoms with E-state index in [-0.39, 0.29) is 21.7 Å². The van der Waals surface area contributed by atoms with Gasteiger partial charge in [0.1, 0.15) is 17.3 Å². The van der Waals surface area contributed by atoms with Gasteiger partial charge in [-0.15, -0.1) is 0 Å². The molecular formula is C19H13ClF3N3O. The van der Waals surface area contributed by atoms with Crippen LogP contribution in [0.25, 0.3) is 10.8 Å². The standard InChI is InChI=1S/C19H13ClF3N3O/c20-8-1-2-10(12(22)5-8)15-16-14-11(18(27)26-25-16)6-9(21)7-13(14)24-17(15)19(23)3-4-19/h1-2,5-7,15,17,24H,3-4H2,(H,26,27)/t15-,17-/m1/s1. The summed E-state index contributed by atoms with van der Waals surface area (Å²) < 4.78 is 43.9. The third kappa shape index (κ3) is 2.45. The van der Waals surface area contributed by atoms with E-state index in [1.54, 1.807) is 0 Å². The van der Waals surface area contributed by atoms with Crippen LogP contribution in [-0.2, 0) is 0 Å².